The smallest absolute Gasteiger partial charge is 0.230 e. The summed E-state index contributed by atoms with van der Waals surface area (Å²) in [5.74, 6) is 0.0625. The SMILES string of the molecule is CC1=CCCN(C(=O)C(C)c2cccc(N)c2)C1. The summed E-state index contributed by atoms with van der Waals surface area (Å²) in [5.41, 5.74) is 8.74. The average Bonchev–Trinajstić information content (AvgIpc) is 2.37. The van der Waals surface area contributed by atoms with Crippen molar-refractivity contribution in [3.05, 3.63) is 41.5 Å². The first-order chi connectivity index (χ1) is 8.58. The second kappa shape index (κ2) is 5.25. The molecule has 1 aliphatic rings. The maximum Gasteiger partial charge on any atom is 0.230 e. The van der Waals surface area contributed by atoms with Gasteiger partial charge in [0.1, 0.15) is 0 Å². The first-order valence-corrected chi connectivity index (χ1v) is 6.38. The number of hydrogen-bond acceptors (Lipinski definition) is 2. The van der Waals surface area contributed by atoms with Crippen molar-refractivity contribution < 1.29 is 4.79 Å². The molecule has 1 atom stereocenters. The summed E-state index contributed by atoms with van der Waals surface area (Å²) >= 11 is 0. The molecule has 0 saturated carbocycles. The molecule has 3 heteroatoms. The van der Waals surface area contributed by atoms with E-state index in [0.29, 0.717) is 5.69 Å². The van der Waals surface area contributed by atoms with Crippen molar-refractivity contribution in [1.82, 2.24) is 4.90 Å². The lowest BCUT2D eigenvalue weighted by Gasteiger charge is -2.29. The molecule has 1 aromatic carbocycles. The predicted molar refractivity (Wildman–Crippen MR) is 74.2 cm³/mol. The lowest BCUT2D eigenvalue weighted by atomic mass is 9.98. The zero-order valence-electron chi connectivity index (χ0n) is 11.0. The Kier molecular flexibility index (Phi) is 3.70. The Morgan fingerprint density at radius 1 is 1.44 bits per heavy atom. The molecule has 1 aliphatic heterocycles. The highest BCUT2D eigenvalue weighted by Crippen LogP contribution is 2.22. The van der Waals surface area contributed by atoms with Crippen LogP contribution < -0.4 is 5.73 Å². The minimum Gasteiger partial charge on any atom is -0.399 e. The molecule has 0 saturated heterocycles. The Bertz CT molecular complexity index is 479. The van der Waals surface area contributed by atoms with Crippen molar-refractivity contribution in [3.63, 3.8) is 0 Å². The first kappa shape index (κ1) is 12.7. The van der Waals surface area contributed by atoms with E-state index in [9.17, 15) is 4.79 Å². The van der Waals surface area contributed by atoms with Gasteiger partial charge in [-0.05, 0) is 38.0 Å². The second-order valence-electron chi connectivity index (χ2n) is 4.99. The number of anilines is 1. The normalized spacial score (nSPS) is 17.2. The summed E-state index contributed by atoms with van der Waals surface area (Å²) in [7, 11) is 0. The highest BCUT2D eigenvalue weighted by Gasteiger charge is 2.23. The predicted octanol–water partition coefficient (Wildman–Crippen LogP) is 2.55. The van der Waals surface area contributed by atoms with Gasteiger partial charge in [0.25, 0.3) is 0 Å². The lowest BCUT2D eigenvalue weighted by Crippen LogP contribution is -2.38. The van der Waals surface area contributed by atoms with Crippen molar-refractivity contribution in [2.75, 3.05) is 18.8 Å². The number of benzene rings is 1. The summed E-state index contributed by atoms with van der Waals surface area (Å²) in [4.78, 5) is 14.3. The number of amides is 1. The fraction of sp³-hybridized carbons (Fsp3) is 0.400. The maximum atomic E-state index is 12.4. The van der Waals surface area contributed by atoms with E-state index in [0.717, 1.165) is 25.1 Å². The number of nitrogens with zero attached hydrogens (tertiary/aromatic N) is 1. The van der Waals surface area contributed by atoms with E-state index >= 15 is 0 Å². The van der Waals surface area contributed by atoms with Crippen LogP contribution in [-0.2, 0) is 4.79 Å². The lowest BCUT2D eigenvalue weighted by molar-refractivity contribution is -0.132. The molecule has 0 bridgehead atoms. The largest absolute Gasteiger partial charge is 0.399 e. The molecule has 96 valence electrons. The minimum absolute atomic E-state index is 0.126. The molecule has 1 aromatic rings. The molecule has 0 aromatic heterocycles. The van der Waals surface area contributed by atoms with Gasteiger partial charge in [-0.15, -0.1) is 0 Å². The maximum absolute atomic E-state index is 12.4. The Hall–Kier alpha value is -1.77. The molecule has 2 N–H and O–H groups in total. The fourth-order valence-electron chi connectivity index (χ4n) is 2.34. The average molecular weight is 244 g/mol. The van der Waals surface area contributed by atoms with Crippen LogP contribution in [0.15, 0.2) is 35.9 Å². The Morgan fingerprint density at radius 2 is 2.22 bits per heavy atom. The molecule has 3 nitrogen and oxygen atoms in total. The quantitative estimate of drug-likeness (QED) is 0.642. The molecule has 1 heterocycles. The molecule has 0 aliphatic carbocycles. The number of carbonyl (C=O) groups excluding carboxylic acids is 1. The molecule has 0 spiro atoms. The van der Waals surface area contributed by atoms with Gasteiger partial charge in [0.2, 0.25) is 5.91 Å². The summed E-state index contributed by atoms with van der Waals surface area (Å²) < 4.78 is 0. The van der Waals surface area contributed by atoms with Gasteiger partial charge in [-0.3, -0.25) is 4.79 Å². The standard InChI is InChI=1S/C15H20N2O/c1-11-5-4-8-17(10-11)15(18)12(2)13-6-3-7-14(16)9-13/h3,5-7,9,12H,4,8,10,16H2,1-2H3. The van der Waals surface area contributed by atoms with Gasteiger partial charge < -0.3 is 10.6 Å². The van der Waals surface area contributed by atoms with Crippen LogP contribution in [0.3, 0.4) is 0 Å². The van der Waals surface area contributed by atoms with Crippen molar-refractivity contribution in [2.45, 2.75) is 26.2 Å². The van der Waals surface area contributed by atoms with Gasteiger partial charge >= 0.3 is 0 Å². The van der Waals surface area contributed by atoms with E-state index in [1.807, 2.05) is 36.1 Å². The van der Waals surface area contributed by atoms with E-state index in [2.05, 4.69) is 13.0 Å². The fourth-order valence-corrected chi connectivity index (χ4v) is 2.34. The first-order valence-electron chi connectivity index (χ1n) is 6.38. The van der Waals surface area contributed by atoms with Crippen LogP contribution in [0.1, 0.15) is 31.7 Å². The molecule has 18 heavy (non-hydrogen) atoms. The molecule has 2 rings (SSSR count). The third-order valence-electron chi connectivity index (χ3n) is 3.42. The number of hydrogen-bond donors (Lipinski definition) is 1. The van der Waals surface area contributed by atoms with Crippen LogP contribution in [0, 0.1) is 0 Å². The Balaban J connectivity index is 2.11. The molecule has 0 fully saturated rings. The summed E-state index contributed by atoms with van der Waals surface area (Å²) in [6.45, 7) is 5.60. The molecular formula is C15H20N2O. The Morgan fingerprint density at radius 3 is 2.89 bits per heavy atom. The monoisotopic (exact) mass is 244 g/mol. The van der Waals surface area contributed by atoms with Crippen molar-refractivity contribution in [3.8, 4) is 0 Å². The summed E-state index contributed by atoms with van der Waals surface area (Å²) in [5, 5.41) is 0. The number of nitrogens with two attached hydrogens (primary N) is 1. The zero-order chi connectivity index (χ0) is 13.1. The van der Waals surface area contributed by atoms with Gasteiger partial charge in [0, 0.05) is 18.8 Å². The third-order valence-corrected chi connectivity index (χ3v) is 3.42. The van der Waals surface area contributed by atoms with E-state index < -0.39 is 0 Å². The van der Waals surface area contributed by atoms with E-state index in [-0.39, 0.29) is 11.8 Å². The van der Waals surface area contributed by atoms with Crippen molar-refractivity contribution in [1.29, 1.82) is 0 Å². The highest BCUT2D eigenvalue weighted by molar-refractivity contribution is 5.84. The second-order valence-corrected chi connectivity index (χ2v) is 4.99. The number of rotatable bonds is 2. The van der Waals surface area contributed by atoms with E-state index in [1.54, 1.807) is 0 Å². The van der Waals surface area contributed by atoms with Crippen LogP contribution >= 0.6 is 0 Å². The van der Waals surface area contributed by atoms with E-state index in [1.165, 1.54) is 5.57 Å². The number of carbonyl (C=O) groups is 1. The minimum atomic E-state index is -0.126. The van der Waals surface area contributed by atoms with Crippen LogP contribution in [0.5, 0.6) is 0 Å². The van der Waals surface area contributed by atoms with Gasteiger partial charge in [-0.25, -0.2) is 0 Å². The topological polar surface area (TPSA) is 46.3 Å². The van der Waals surface area contributed by atoms with Crippen LogP contribution in [0.25, 0.3) is 0 Å². The van der Waals surface area contributed by atoms with Crippen molar-refractivity contribution in [2.24, 2.45) is 0 Å². The molecule has 0 radical (unpaired) electrons. The number of nitrogen functional groups attached to an aromatic ring is 1. The van der Waals surface area contributed by atoms with Gasteiger partial charge in [-0.2, -0.15) is 0 Å². The highest BCUT2D eigenvalue weighted by atomic mass is 16.2. The summed E-state index contributed by atoms with van der Waals surface area (Å²) in [6.07, 6.45) is 3.16. The van der Waals surface area contributed by atoms with Crippen LogP contribution in [0.4, 0.5) is 5.69 Å². The molecular weight excluding hydrogens is 224 g/mol. The molecule has 1 unspecified atom stereocenters. The third kappa shape index (κ3) is 2.73. The zero-order valence-corrected chi connectivity index (χ0v) is 11.0. The Labute approximate surface area is 108 Å². The summed E-state index contributed by atoms with van der Waals surface area (Å²) in [6, 6.07) is 7.59. The van der Waals surface area contributed by atoms with Gasteiger partial charge in [-0.1, -0.05) is 23.8 Å². The van der Waals surface area contributed by atoms with Gasteiger partial charge in [0.15, 0.2) is 0 Å². The van der Waals surface area contributed by atoms with Crippen LogP contribution in [-0.4, -0.2) is 23.9 Å². The van der Waals surface area contributed by atoms with Gasteiger partial charge in [0.05, 0.1) is 5.92 Å². The van der Waals surface area contributed by atoms with Crippen LogP contribution in [0.2, 0.25) is 0 Å². The van der Waals surface area contributed by atoms with Crippen molar-refractivity contribution >= 4 is 11.6 Å². The van der Waals surface area contributed by atoms with E-state index in [4.69, 9.17) is 5.73 Å². The molecule has 1 amide bonds.